The summed E-state index contributed by atoms with van der Waals surface area (Å²) in [4.78, 5) is 39.3. The van der Waals surface area contributed by atoms with E-state index < -0.39 is 23.8 Å². The largest absolute Gasteiger partial charge is 0.493 e. The van der Waals surface area contributed by atoms with Crippen LogP contribution in [0.25, 0.3) is 0 Å². The molecule has 33 heavy (non-hydrogen) atoms. The van der Waals surface area contributed by atoms with Crippen molar-refractivity contribution >= 4 is 33.7 Å². The summed E-state index contributed by atoms with van der Waals surface area (Å²) in [5.74, 6) is -2.56. The lowest BCUT2D eigenvalue weighted by atomic mass is 9.69. The number of ketones is 1. The van der Waals surface area contributed by atoms with Crippen molar-refractivity contribution < 1.29 is 33.3 Å². The number of hydrogen-bond donors (Lipinski definition) is 1. The molecule has 0 bridgehead atoms. The highest BCUT2D eigenvalue weighted by molar-refractivity contribution is 9.10. The Morgan fingerprint density at radius 2 is 1.79 bits per heavy atom. The number of esters is 2. The van der Waals surface area contributed by atoms with Crippen molar-refractivity contribution in [3.8, 4) is 11.5 Å². The first kappa shape index (κ1) is 24.8. The van der Waals surface area contributed by atoms with Crippen molar-refractivity contribution in [1.29, 1.82) is 0 Å². The predicted molar refractivity (Wildman–Crippen MR) is 124 cm³/mol. The SMILES string of the molecule is CCOC(=O)C1=C(C)NC2=C(C(=O)[C@H](C(=O)OC)[C@@H](C)C2)[C@@H]1c1cc(OC)c(OC)cc1Br. The van der Waals surface area contributed by atoms with Crippen LogP contribution in [0, 0.1) is 11.8 Å². The van der Waals surface area contributed by atoms with Gasteiger partial charge in [0.25, 0.3) is 0 Å². The number of carbonyl (C=O) groups excluding carboxylic acids is 3. The molecule has 0 aromatic heterocycles. The quantitative estimate of drug-likeness (QED) is 0.447. The minimum atomic E-state index is -0.959. The fourth-order valence-electron chi connectivity index (χ4n) is 4.56. The summed E-state index contributed by atoms with van der Waals surface area (Å²) in [6, 6.07) is 3.46. The van der Waals surface area contributed by atoms with Crippen molar-refractivity contribution in [2.75, 3.05) is 27.9 Å². The topological polar surface area (TPSA) is 100 Å². The molecule has 0 radical (unpaired) electrons. The molecule has 1 aliphatic heterocycles. The minimum absolute atomic E-state index is 0.178. The summed E-state index contributed by atoms with van der Waals surface area (Å²) in [6.45, 7) is 5.51. The van der Waals surface area contributed by atoms with Gasteiger partial charge in [-0.2, -0.15) is 0 Å². The molecule has 1 aromatic carbocycles. The van der Waals surface area contributed by atoms with E-state index in [0.29, 0.717) is 50.5 Å². The molecule has 2 aliphatic rings. The van der Waals surface area contributed by atoms with E-state index in [2.05, 4.69) is 21.2 Å². The van der Waals surface area contributed by atoms with Gasteiger partial charge in [-0.1, -0.05) is 22.9 Å². The third-order valence-electron chi connectivity index (χ3n) is 6.05. The van der Waals surface area contributed by atoms with Gasteiger partial charge in [0.1, 0.15) is 5.92 Å². The standard InChI is InChI=1S/C24H28BrNO7/c1-7-33-24(29)19-12(3)26-15-8-11(2)18(23(28)32-6)22(27)21(15)20(19)13-9-16(30-4)17(31-5)10-14(13)25/h9-11,18,20,26H,7-8H2,1-6H3/t11-,18+,20+/m0/s1. The van der Waals surface area contributed by atoms with Gasteiger partial charge in [0.2, 0.25) is 0 Å². The van der Waals surface area contributed by atoms with E-state index in [1.807, 2.05) is 6.92 Å². The van der Waals surface area contributed by atoms with Crippen LogP contribution in [0.4, 0.5) is 0 Å². The molecule has 0 saturated carbocycles. The van der Waals surface area contributed by atoms with Gasteiger partial charge in [-0.25, -0.2) is 4.79 Å². The number of ether oxygens (including phenoxy) is 4. The molecule has 178 valence electrons. The summed E-state index contributed by atoms with van der Waals surface area (Å²) in [5, 5.41) is 3.23. The van der Waals surface area contributed by atoms with Gasteiger partial charge < -0.3 is 24.3 Å². The molecule has 0 saturated heterocycles. The van der Waals surface area contributed by atoms with Crippen LogP contribution >= 0.6 is 15.9 Å². The maximum absolute atomic E-state index is 13.7. The number of dihydropyridines is 1. The lowest BCUT2D eigenvalue weighted by Crippen LogP contribution is -2.43. The molecule has 8 nitrogen and oxygen atoms in total. The van der Waals surface area contributed by atoms with Crippen molar-refractivity contribution in [1.82, 2.24) is 5.32 Å². The number of Topliss-reactive ketones (excluding diaryl/α,β-unsaturated/α-hetero) is 1. The van der Waals surface area contributed by atoms with Crippen LogP contribution < -0.4 is 14.8 Å². The van der Waals surface area contributed by atoms with E-state index in [9.17, 15) is 14.4 Å². The number of rotatable bonds is 6. The van der Waals surface area contributed by atoms with Crippen LogP contribution in [0.15, 0.2) is 39.1 Å². The lowest BCUT2D eigenvalue weighted by Gasteiger charge is -2.38. The second kappa shape index (κ2) is 9.99. The highest BCUT2D eigenvalue weighted by atomic mass is 79.9. The number of hydrogen-bond acceptors (Lipinski definition) is 8. The average molecular weight is 522 g/mol. The molecule has 9 heteroatoms. The second-order valence-corrected chi connectivity index (χ2v) is 8.84. The number of nitrogens with one attached hydrogen (secondary N) is 1. The number of allylic oxidation sites excluding steroid dienone is 3. The van der Waals surface area contributed by atoms with Gasteiger partial charge in [-0.15, -0.1) is 0 Å². The van der Waals surface area contributed by atoms with Gasteiger partial charge in [0, 0.05) is 27.4 Å². The summed E-state index contributed by atoms with van der Waals surface area (Å²) < 4.78 is 21.8. The van der Waals surface area contributed by atoms with Gasteiger partial charge in [-0.05, 0) is 43.9 Å². The second-order valence-electron chi connectivity index (χ2n) is 7.98. The highest BCUT2D eigenvalue weighted by Crippen LogP contribution is 2.49. The van der Waals surface area contributed by atoms with E-state index in [1.165, 1.54) is 21.3 Å². The molecular formula is C24H28BrNO7. The molecule has 0 unspecified atom stereocenters. The molecular weight excluding hydrogens is 494 g/mol. The normalized spacial score (nSPS) is 22.4. The number of benzene rings is 1. The maximum Gasteiger partial charge on any atom is 0.336 e. The maximum atomic E-state index is 13.7. The predicted octanol–water partition coefficient (Wildman–Crippen LogP) is 3.64. The van der Waals surface area contributed by atoms with Crippen molar-refractivity contribution in [2.24, 2.45) is 11.8 Å². The Bertz CT molecular complexity index is 1060. The number of carbonyl (C=O) groups is 3. The molecule has 1 aromatic rings. The van der Waals surface area contributed by atoms with Crippen LogP contribution in [-0.2, 0) is 23.9 Å². The lowest BCUT2D eigenvalue weighted by molar-refractivity contribution is -0.151. The van der Waals surface area contributed by atoms with E-state index in [1.54, 1.807) is 26.0 Å². The Kier molecular flexibility index (Phi) is 7.51. The summed E-state index contributed by atoms with van der Waals surface area (Å²) >= 11 is 3.57. The van der Waals surface area contributed by atoms with Gasteiger partial charge in [-0.3, -0.25) is 9.59 Å². The Balaban J connectivity index is 2.28. The van der Waals surface area contributed by atoms with E-state index in [0.717, 1.165) is 0 Å². The molecule has 0 spiro atoms. The molecule has 3 atom stereocenters. The van der Waals surface area contributed by atoms with Crippen molar-refractivity contribution in [3.05, 3.63) is 44.7 Å². The van der Waals surface area contributed by atoms with Gasteiger partial charge in [0.05, 0.1) is 33.5 Å². The number of methoxy groups -OCH3 is 3. The molecule has 1 aliphatic carbocycles. The first-order chi connectivity index (χ1) is 15.7. The zero-order valence-electron chi connectivity index (χ0n) is 19.5. The zero-order chi connectivity index (χ0) is 24.4. The van der Waals surface area contributed by atoms with Crippen molar-refractivity contribution in [3.63, 3.8) is 0 Å². The smallest absolute Gasteiger partial charge is 0.336 e. The fourth-order valence-corrected chi connectivity index (χ4v) is 5.11. The zero-order valence-corrected chi connectivity index (χ0v) is 21.1. The Labute approximate surface area is 201 Å². The third-order valence-corrected chi connectivity index (χ3v) is 6.74. The van der Waals surface area contributed by atoms with E-state index in [4.69, 9.17) is 18.9 Å². The number of halogens is 1. The Morgan fingerprint density at radius 1 is 1.15 bits per heavy atom. The summed E-state index contributed by atoms with van der Waals surface area (Å²) in [7, 11) is 4.30. The first-order valence-corrected chi connectivity index (χ1v) is 11.4. The molecule has 0 fully saturated rings. The monoisotopic (exact) mass is 521 g/mol. The molecule has 3 rings (SSSR count). The van der Waals surface area contributed by atoms with Crippen LogP contribution in [0.2, 0.25) is 0 Å². The van der Waals surface area contributed by atoms with Gasteiger partial charge in [0.15, 0.2) is 17.3 Å². The third kappa shape index (κ3) is 4.38. The van der Waals surface area contributed by atoms with Crippen LogP contribution in [0.5, 0.6) is 11.5 Å². The molecule has 0 amide bonds. The Morgan fingerprint density at radius 3 is 2.36 bits per heavy atom. The van der Waals surface area contributed by atoms with Crippen molar-refractivity contribution in [2.45, 2.75) is 33.1 Å². The Hall–Kier alpha value is -2.81. The summed E-state index contributed by atoms with van der Waals surface area (Å²) in [6.07, 6.45) is 0.454. The summed E-state index contributed by atoms with van der Waals surface area (Å²) in [5.41, 5.74) is 2.55. The van der Waals surface area contributed by atoms with E-state index >= 15 is 0 Å². The van der Waals surface area contributed by atoms with Crippen LogP contribution in [0.3, 0.4) is 0 Å². The van der Waals surface area contributed by atoms with Crippen LogP contribution in [-0.4, -0.2) is 45.7 Å². The molecule has 1 heterocycles. The molecule has 1 N–H and O–H groups in total. The fraction of sp³-hybridized carbons (Fsp3) is 0.458. The van der Waals surface area contributed by atoms with Gasteiger partial charge >= 0.3 is 11.9 Å². The van der Waals surface area contributed by atoms with E-state index in [-0.39, 0.29) is 18.3 Å². The highest BCUT2D eigenvalue weighted by Gasteiger charge is 2.47. The minimum Gasteiger partial charge on any atom is -0.493 e. The van der Waals surface area contributed by atoms with Crippen LogP contribution in [0.1, 0.15) is 38.7 Å². The average Bonchev–Trinajstić information content (AvgIpc) is 2.77. The first-order valence-electron chi connectivity index (χ1n) is 10.6.